The van der Waals surface area contributed by atoms with Crippen LogP contribution in [0.3, 0.4) is 0 Å². The fourth-order valence-corrected chi connectivity index (χ4v) is 4.75. The molecule has 0 radical (unpaired) electrons. The lowest BCUT2D eigenvalue weighted by Crippen LogP contribution is -2.48. The maximum Gasteiger partial charge on any atom is 0.287 e. The van der Waals surface area contributed by atoms with E-state index in [1.54, 1.807) is 13.2 Å². The molecule has 1 aliphatic carbocycles. The summed E-state index contributed by atoms with van der Waals surface area (Å²) < 4.78 is 6.08. The highest BCUT2D eigenvalue weighted by Gasteiger charge is 2.43. The van der Waals surface area contributed by atoms with Crippen molar-refractivity contribution in [1.82, 2.24) is 14.7 Å². The molecule has 32 heavy (non-hydrogen) atoms. The van der Waals surface area contributed by atoms with Gasteiger partial charge in [-0.3, -0.25) is 9.59 Å². The van der Waals surface area contributed by atoms with Crippen molar-refractivity contribution < 1.29 is 14.6 Å². The summed E-state index contributed by atoms with van der Waals surface area (Å²) in [6.07, 6.45) is 1.89. The van der Waals surface area contributed by atoms with Crippen molar-refractivity contribution in [1.29, 1.82) is 0 Å². The van der Waals surface area contributed by atoms with Crippen LogP contribution >= 0.6 is 11.6 Å². The van der Waals surface area contributed by atoms with Crippen LogP contribution in [0.5, 0.6) is 0 Å². The van der Waals surface area contributed by atoms with E-state index in [4.69, 9.17) is 16.3 Å². The molecule has 1 fully saturated rings. The SMILES string of the molecule is COC[C@@H](O)CN(C)C(=O)CCn1ncc(N[C@@H]2C[C@H](C)C(C)(C)[C@H](C)[C@H]2C)c(Cl)c1=O. The first kappa shape index (κ1) is 26.6. The van der Waals surface area contributed by atoms with Crippen molar-refractivity contribution in [3.05, 3.63) is 21.6 Å². The van der Waals surface area contributed by atoms with Crippen molar-refractivity contribution in [3.63, 3.8) is 0 Å². The molecule has 182 valence electrons. The number of amides is 1. The fraction of sp³-hybridized carbons (Fsp3) is 0.783. The van der Waals surface area contributed by atoms with Crippen LogP contribution in [-0.2, 0) is 16.1 Å². The van der Waals surface area contributed by atoms with Gasteiger partial charge in [0.15, 0.2) is 0 Å². The van der Waals surface area contributed by atoms with Gasteiger partial charge in [0.25, 0.3) is 5.56 Å². The molecule has 0 aromatic carbocycles. The monoisotopic (exact) mass is 470 g/mol. The van der Waals surface area contributed by atoms with Crippen molar-refractivity contribution in [2.45, 2.75) is 66.2 Å². The van der Waals surface area contributed by atoms with E-state index in [0.29, 0.717) is 23.4 Å². The third kappa shape index (κ3) is 6.02. The number of nitrogens with zero attached hydrogens (tertiary/aromatic N) is 3. The predicted octanol–water partition coefficient (Wildman–Crippen LogP) is 2.87. The molecule has 1 amide bonds. The van der Waals surface area contributed by atoms with Crippen molar-refractivity contribution >= 4 is 23.2 Å². The number of carbonyl (C=O) groups is 1. The van der Waals surface area contributed by atoms with Gasteiger partial charge in [-0.05, 0) is 29.6 Å². The molecule has 9 heteroatoms. The lowest BCUT2D eigenvalue weighted by molar-refractivity contribution is -0.131. The lowest BCUT2D eigenvalue weighted by Gasteiger charge is -2.50. The second-order valence-corrected chi connectivity index (χ2v) is 10.3. The van der Waals surface area contributed by atoms with E-state index in [1.165, 1.54) is 16.7 Å². The molecule has 0 unspecified atom stereocenters. The van der Waals surface area contributed by atoms with E-state index in [-0.39, 0.29) is 48.5 Å². The second kappa shape index (κ2) is 11.0. The van der Waals surface area contributed by atoms with Gasteiger partial charge in [0.05, 0.1) is 31.1 Å². The number of aryl methyl sites for hydroxylation is 1. The average molecular weight is 471 g/mol. The number of hydrogen-bond acceptors (Lipinski definition) is 6. The van der Waals surface area contributed by atoms with Crippen molar-refractivity contribution in [3.8, 4) is 0 Å². The number of anilines is 1. The zero-order valence-corrected chi connectivity index (χ0v) is 21.1. The van der Waals surface area contributed by atoms with E-state index >= 15 is 0 Å². The standard InChI is InChI=1S/C23H39ClN4O4/c1-14-10-18(15(2)16(3)23(14,4)5)26-19-11-25-28(22(31)21(19)24)9-8-20(30)27(6)12-17(29)13-32-7/h11,14-18,26,29H,8-10,12-13H2,1-7H3/t14-,15+,16+,17-,18+/m0/s1. The van der Waals surface area contributed by atoms with Gasteiger partial charge in [-0.2, -0.15) is 5.10 Å². The summed E-state index contributed by atoms with van der Waals surface area (Å²) in [7, 11) is 3.09. The summed E-state index contributed by atoms with van der Waals surface area (Å²) in [5, 5.41) is 17.6. The molecule has 1 aromatic rings. The number of likely N-dealkylation sites (N-methyl/N-ethyl adjacent to an activating group) is 1. The first-order valence-electron chi connectivity index (χ1n) is 11.3. The molecule has 5 atom stereocenters. The molecular formula is C23H39ClN4O4. The van der Waals surface area contributed by atoms with Gasteiger partial charge in [-0.1, -0.05) is 46.2 Å². The number of nitrogens with one attached hydrogen (secondary N) is 1. The highest BCUT2D eigenvalue weighted by molar-refractivity contribution is 6.32. The molecule has 0 bridgehead atoms. The van der Waals surface area contributed by atoms with Crippen LogP contribution in [0, 0.1) is 23.2 Å². The molecule has 1 aromatic heterocycles. The summed E-state index contributed by atoms with van der Waals surface area (Å²) in [6, 6.07) is 0.205. The van der Waals surface area contributed by atoms with E-state index in [0.717, 1.165) is 6.42 Å². The Balaban J connectivity index is 2.03. The van der Waals surface area contributed by atoms with Crippen LogP contribution in [0.2, 0.25) is 5.02 Å². The molecule has 1 heterocycles. The van der Waals surface area contributed by atoms with E-state index < -0.39 is 11.7 Å². The number of methoxy groups -OCH3 is 1. The van der Waals surface area contributed by atoms with Crippen LogP contribution in [0.4, 0.5) is 5.69 Å². The number of aliphatic hydroxyl groups is 1. The molecule has 2 N–H and O–H groups in total. The van der Waals surface area contributed by atoms with E-state index in [1.807, 2.05) is 0 Å². The summed E-state index contributed by atoms with van der Waals surface area (Å²) in [4.78, 5) is 26.5. The molecule has 0 spiro atoms. The molecular weight excluding hydrogens is 432 g/mol. The summed E-state index contributed by atoms with van der Waals surface area (Å²) in [5.74, 6) is 1.26. The summed E-state index contributed by atoms with van der Waals surface area (Å²) in [6.45, 7) is 11.9. The van der Waals surface area contributed by atoms with E-state index in [9.17, 15) is 14.7 Å². The highest BCUT2D eigenvalue weighted by Crippen LogP contribution is 2.48. The molecule has 2 rings (SSSR count). The average Bonchev–Trinajstić information content (AvgIpc) is 2.73. The number of carbonyl (C=O) groups excluding carboxylic acids is 1. The van der Waals surface area contributed by atoms with Crippen LogP contribution < -0.4 is 10.9 Å². The zero-order valence-electron chi connectivity index (χ0n) is 20.4. The molecule has 0 aliphatic heterocycles. The summed E-state index contributed by atoms with van der Waals surface area (Å²) >= 11 is 6.40. The van der Waals surface area contributed by atoms with Gasteiger partial charge in [0.2, 0.25) is 5.91 Å². The zero-order chi connectivity index (χ0) is 24.2. The highest BCUT2D eigenvalue weighted by atomic mass is 35.5. The van der Waals surface area contributed by atoms with Crippen LogP contribution in [0.1, 0.15) is 47.5 Å². The van der Waals surface area contributed by atoms with Crippen LogP contribution in [0.15, 0.2) is 11.0 Å². The normalized spacial score (nSPS) is 25.9. The molecule has 0 saturated heterocycles. The number of hydrogen-bond donors (Lipinski definition) is 2. The number of aliphatic hydroxyl groups excluding tert-OH is 1. The largest absolute Gasteiger partial charge is 0.389 e. The Morgan fingerprint density at radius 2 is 2.09 bits per heavy atom. The van der Waals surface area contributed by atoms with Crippen molar-refractivity contribution in [2.75, 3.05) is 32.6 Å². The maximum atomic E-state index is 12.7. The Morgan fingerprint density at radius 3 is 2.72 bits per heavy atom. The van der Waals surface area contributed by atoms with Crippen molar-refractivity contribution in [2.24, 2.45) is 23.2 Å². The minimum Gasteiger partial charge on any atom is -0.389 e. The molecule has 8 nitrogen and oxygen atoms in total. The Labute approximate surface area is 196 Å². The quantitative estimate of drug-likeness (QED) is 0.576. The second-order valence-electron chi connectivity index (χ2n) is 9.89. The van der Waals surface area contributed by atoms with Crippen LogP contribution in [-0.4, -0.2) is 65.1 Å². The smallest absolute Gasteiger partial charge is 0.287 e. The minimum absolute atomic E-state index is 0.0793. The first-order valence-corrected chi connectivity index (χ1v) is 11.7. The van der Waals surface area contributed by atoms with Gasteiger partial charge >= 0.3 is 0 Å². The molecule has 1 saturated carbocycles. The van der Waals surface area contributed by atoms with Gasteiger partial charge < -0.3 is 20.1 Å². The molecule has 1 aliphatic rings. The Bertz CT molecular complexity index is 844. The predicted molar refractivity (Wildman–Crippen MR) is 127 cm³/mol. The van der Waals surface area contributed by atoms with E-state index in [2.05, 4.69) is 45.0 Å². The fourth-order valence-electron chi connectivity index (χ4n) is 4.54. The lowest BCUT2D eigenvalue weighted by atomic mass is 9.58. The van der Waals surface area contributed by atoms with Gasteiger partial charge in [0, 0.05) is 33.2 Å². The third-order valence-corrected chi connectivity index (χ3v) is 7.97. The van der Waals surface area contributed by atoms with Gasteiger partial charge in [-0.15, -0.1) is 0 Å². The number of rotatable bonds is 9. The topological polar surface area (TPSA) is 96.7 Å². The number of halogens is 1. The Hall–Kier alpha value is -1.64. The third-order valence-electron chi connectivity index (χ3n) is 7.61. The van der Waals surface area contributed by atoms with Gasteiger partial charge in [-0.25, -0.2) is 4.68 Å². The van der Waals surface area contributed by atoms with Gasteiger partial charge in [0.1, 0.15) is 5.02 Å². The first-order chi connectivity index (χ1) is 14.9. The Kier molecular flexibility index (Phi) is 9.14. The Morgan fingerprint density at radius 1 is 1.44 bits per heavy atom. The summed E-state index contributed by atoms with van der Waals surface area (Å²) in [5.41, 5.74) is 0.369. The number of aromatic nitrogens is 2. The maximum absolute atomic E-state index is 12.7. The number of ether oxygens (including phenoxy) is 1. The van der Waals surface area contributed by atoms with Crippen LogP contribution in [0.25, 0.3) is 0 Å². The minimum atomic E-state index is -0.757.